The van der Waals surface area contributed by atoms with Crippen LogP contribution in [0.3, 0.4) is 0 Å². The van der Waals surface area contributed by atoms with E-state index < -0.39 is 0 Å². The molecule has 0 aromatic rings. The third-order valence-electron chi connectivity index (χ3n) is 4.27. The summed E-state index contributed by atoms with van der Waals surface area (Å²) in [7, 11) is 0. The first-order valence-corrected chi connectivity index (χ1v) is 7.21. The van der Waals surface area contributed by atoms with Gasteiger partial charge in [0.05, 0.1) is 6.10 Å². The largest absolute Gasteiger partial charge is 0.392 e. The highest BCUT2D eigenvalue weighted by Crippen LogP contribution is 2.43. The Bertz CT molecular complexity index is 203. The van der Waals surface area contributed by atoms with Gasteiger partial charge in [0.1, 0.15) is 0 Å². The van der Waals surface area contributed by atoms with Gasteiger partial charge in [-0.1, -0.05) is 26.2 Å². The smallest absolute Gasteiger partial charge is 0.0664 e. The van der Waals surface area contributed by atoms with E-state index in [9.17, 15) is 5.11 Å². The first-order valence-electron chi connectivity index (χ1n) is 7.21. The van der Waals surface area contributed by atoms with Gasteiger partial charge in [0.25, 0.3) is 0 Å². The van der Waals surface area contributed by atoms with Gasteiger partial charge in [-0.3, -0.25) is 0 Å². The molecule has 2 heteroatoms. The maximum atomic E-state index is 9.70. The van der Waals surface area contributed by atoms with E-state index in [1.165, 1.54) is 38.5 Å². The monoisotopic (exact) mass is 225 g/mol. The predicted molar refractivity (Wildman–Crippen MR) is 67.4 cm³/mol. The molecule has 2 nitrogen and oxygen atoms in total. The highest BCUT2D eigenvalue weighted by molar-refractivity contribution is 4.88. The first kappa shape index (κ1) is 12.4. The molecule has 0 aromatic heterocycles. The van der Waals surface area contributed by atoms with Crippen molar-refractivity contribution in [3.63, 3.8) is 0 Å². The van der Waals surface area contributed by atoms with E-state index in [1.54, 1.807) is 0 Å². The summed E-state index contributed by atoms with van der Waals surface area (Å²) in [5, 5.41) is 13.3. The second-order valence-corrected chi connectivity index (χ2v) is 5.81. The van der Waals surface area contributed by atoms with Crippen LogP contribution in [0.2, 0.25) is 0 Å². The number of hydrogen-bond donors (Lipinski definition) is 2. The van der Waals surface area contributed by atoms with Gasteiger partial charge >= 0.3 is 0 Å². The molecule has 2 rings (SSSR count). The zero-order chi connectivity index (χ0) is 11.4. The Kier molecular flexibility index (Phi) is 4.66. The summed E-state index contributed by atoms with van der Waals surface area (Å²) in [6, 6.07) is 0.686. The standard InChI is InChI=1S/C14H27NO/c1-2-4-14(16)10-15-13-6-3-5-12(9-13)11-7-8-11/h11-16H,2-10H2,1H3. The van der Waals surface area contributed by atoms with Crippen molar-refractivity contribution in [3.8, 4) is 0 Å². The second kappa shape index (κ2) is 6.02. The Labute approximate surface area is 99.8 Å². The summed E-state index contributed by atoms with van der Waals surface area (Å²) in [6.45, 7) is 2.93. The van der Waals surface area contributed by atoms with Gasteiger partial charge in [-0.2, -0.15) is 0 Å². The Morgan fingerprint density at radius 3 is 2.69 bits per heavy atom. The minimum atomic E-state index is -0.133. The molecule has 0 heterocycles. The molecule has 3 atom stereocenters. The van der Waals surface area contributed by atoms with Crippen LogP contribution in [0.15, 0.2) is 0 Å². The van der Waals surface area contributed by atoms with Crippen molar-refractivity contribution in [2.45, 2.75) is 70.4 Å². The van der Waals surface area contributed by atoms with Gasteiger partial charge in [-0.25, -0.2) is 0 Å². The van der Waals surface area contributed by atoms with E-state index in [-0.39, 0.29) is 6.10 Å². The van der Waals surface area contributed by atoms with Crippen LogP contribution >= 0.6 is 0 Å². The van der Waals surface area contributed by atoms with Crippen molar-refractivity contribution in [2.75, 3.05) is 6.54 Å². The van der Waals surface area contributed by atoms with Crippen molar-refractivity contribution >= 4 is 0 Å². The van der Waals surface area contributed by atoms with E-state index in [2.05, 4.69) is 12.2 Å². The minimum Gasteiger partial charge on any atom is -0.392 e. The van der Waals surface area contributed by atoms with Gasteiger partial charge in [0.2, 0.25) is 0 Å². The van der Waals surface area contributed by atoms with Crippen LogP contribution < -0.4 is 5.32 Å². The van der Waals surface area contributed by atoms with Crippen LogP contribution in [-0.2, 0) is 0 Å². The lowest BCUT2D eigenvalue weighted by molar-refractivity contribution is 0.147. The first-order chi connectivity index (χ1) is 7.79. The molecule has 2 aliphatic rings. The van der Waals surface area contributed by atoms with Crippen LogP contribution in [0.25, 0.3) is 0 Å². The predicted octanol–water partition coefficient (Wildman–Crippen LogP) is 2.71. The molecule has 0 aromatic carbocycles. The number of nitrogens with one attached hydrogen (secondary N) is 1. The maximum Gasteiger partial charge on any atom is 0.0664 e. The summed E-state index contributed by atoms with van der Waals surface area (Å²) in [4.78, 5) is 0. The summed E-state index contributed by atoms with van der Waals surface area (Å²) in [5.41, 5.74) is 0. The Hall–Kier alpha value is -0.0800. The number of aliphatic hydroxyl groups is 1. The fourth-order valence-electron chi connectivity index (χ4n) is 3.15. The van der Waals surface area contributed by atoms with Crippen molar-refractivity contribution in [1.29, 1.82) is 0 Å². The molecule has 0 amide bonds. The van der Waals surface area contributed by atoms with Gasteiger partial charge in [-0.05, 0) is 43.9 Å². The second-order valence-electron chi connectivity index (χ2n) is 5.81. The van der Waals surface area contributed by atoms with Crippen LogP contribution in [0, 0.1) is 11.8 Å². The molecule has 2 N–H and O–H groups in total. The molecule has 3 unspecified atom stereocenters. The molecule has 2 saturated carbocycles. The molecule has 0 aliphatic heterocycles. The zero-order valence-corrected chi connectivity index (χ0v) is 10.6. The van der Waals surface area contributed by atoms with E-state index in [0.29, 0.717) is 6.04 Å². The molecule has 0 radical (unpaired) electrons. The average Bonchev–Trinajstić information content (AvgIpc) is 3.11. The van der Waals surface area contributed by atoms with Crippen LogP contribution in [0.5, 0.6) is 0 Å². The highest BCUT2D eigenvalue weighted by atomic mass is 16.3. The van der Waals surface area contributed by atoms with Crippen molar-refractivity contribution in [3.05, 3.63) is 0 Å². The number of aliphatic hydroxyl groups excluding tert-OH is 1. The van der Waals surface area contributed by atoms with Gasteiger partial charge in [0, 0.05) is 12.6 Å². The molecular formula is C14H27NO. The molecule has 0 bridgehead atoms. The van der Waals surface area contributed by atoms with Gasteiger partial charge in [-0.15, -0.1) is 0 Å². The molecule has 0 spiro atoms. The van der Waals surface area contributed by atoms with Gasteiger partial charge < -0.3 is 10.4 Å². The van der Waals surface area contributed by atoms with E-state index in [1.807, 2.05) is 0 Å². The lowest BCUT2D eigenvalue weighted by atomic mass is 9.82. The molecule has 2 aliphatic carbocycles. The van der Waals surface area contributed by atoms with Crippen LogP contribution in [0.1, 0.15) is 58.3 Å². The normalized spacial score (nSPS) is 32.6. The summed E-state index contributed by atoms with van der Waals surface area (Å²) in [5.74, 6) is 2.06. The van der Waals surface area contributed by atoms with E-state index >= 15 is 0 Å². The lowest BCUT2D eigenvalue weighted by Crippen LogP contribution is -2.39. The number of hydrogen-bond acceptors (Lipinski definition) is 2. The van der Waals surface area contributed by atoms with E-state index in [0.717, 1.165) is 31.2 Å². The fourth-order valence-corrected chi connectivity index (χ4v) is 3.15. The van der Waals surface area contributed by atoms with Crippen LogP contribution in [0.4, 0.5) is 0 Å². The Balaban J connectivity index is 1.64. The maximum absolute atomic E-state index is 9.70. The quantitative estimate of drug-likeness (QED) is 0.728. The zero-order valence-electron chi connectivity index (χ0n) is 10.6. The SMILES string of the molecule is CCCC(O)CNC1CCCC(C2CC2)C1. The molecular weight excluding hydrogens is 198 g/mol. The lowest BCUT2D eigenvalue weighted by Gasteiger charge is -2.30. The molecule has 0 saturated heterocycles. The Morgan fingerprint density at radius 1 is 1.19 bits per heavy atom. The summed E-state index contributed by atoms with van der Waals surface area (Å²) in [6.07, 6.45) is 10.4. The van der Waals surface area contributed by atoms with Crippen molar-refractivity contribution in [2.24, 2.45) is 11.8 Å². The average molecular weight is 225 g/mol. The van der Waals surface area contributed by atoms with E-state index in [4.69, 9.17) is 0 Å². The topological polar surface area (TPSA) is 32.3 Å². The third kappa shape index (κ3) is 3.74. The van der Waals surface area contributed by atoms with Crippen LogP contribution in [-0.4, -0.2) is 23.8 Å². The Morgan fingerprint density at radius 2 is 2.00 bits per heavy atom. The number of rotatable bonds is 6. The summed E-state index contributed by atoms with van der Waals surface area (Å²) < 4.78 is 0. The molecule has 16 heavy (non-hydrogen) atoms. The van der Waals surface area contributed by atoms with Gasteiger partial charge in [0.15, 0.2) is 0 Å². The minimum absolute atomic E-state index is 0.133. The summed E-state index contributed by atoms with van der Waals surface area (Å²) >= 11 is 0. The third-order valence-corrected chi connectivity index (χ3v) is 4.27. The molecule has 2 fully saturated rings. The van der Waals surface area contributed by atoms with Crippen molar-refractivity contribution in [1.82, 2.24) is 5.32 Å². The van der Waals surface area contributed by atoms with Crippen molar-refractivity contribution < 1.29 is 5.11 Å². The molecule has 94 valence electrons. The highest BCUT2D eigenvalue weighted by Gasteiger charge is 2.34. The fraction of sp³-hybridized carbons (Fsp3) is 1.00.